The predicted octanol–water partition coefficient (Wildman–Crippen LogP) is 3.68. The first-order valence-electron chi connectivity index (χ1n) is 7.91. The fourth-order valence-corrected chi connectivity index (χ4v) is 4.20. The van der Waals surface area contributed by atoms with E-state index in [-0.39, 0.29) is 12.5 Å². The van der Waals surface area contributed by atoms with E-state index in [0.29, 0.717) is 20.5 Å². The molecule has 8 heteroatoms. The van der Waals surface area contributed by atoms with Crippen molar-refractivity contribution in [2.45, 2.75) is 4.90 Å². The first-order valence-corrected chi connectivity index (χ1v) is 10.4. The van der Waals surface area contributed by atoms with Gasteiger partial charge in [0.1, 0.15) is 5.75 Å². The normalized spacial score (nSPS) is 15.4. The molecule has 1 fully saturated rings. The van der Waals surface area contributed by atoms with Crippen LogP contribution >= 0.6 is 35.7 Å². The molecule has 1 saturated heterocycles. The molecule has 0 spiro atoms. The van der Waals surface area contributed by atoms with Crippen molar-refractivity contribution in [3.63, 3.8) is 0 Å². The van der Waals surface area contributed by atoms with Crippen molar-refractivity contribution in [3.05, 3.63) is 59.0 Å². The Morgan fingerprint density at radius 2 is 2.07 bits per heavy atom. The summed E-state index contributed by atoms with van der Waals surface area (Å²) in [5.74, 6) is -0.274. The van der Waals surface area contributed by atoms with Crippen LogP contribution in [-0.4, -0.2) is 29.0 Å². The summed E-state index contributed by atoms with van der Waals surface area (Å²) in [7, 11) is 0. The number of hydrogen-bond donors (Lipinski definition) is 1. The van der Waals surface area contributed by atoms with Gasteiger partial charge < -0.3 is 10.5 Å². The number of thiocarbonyl (C=S) groups is 1. The zero-order valence-corrected chi connectivity index (χ0v) is 16.8. The smallest absolute Gasteiger partial charge is 0.270 e. The lowest BCUT2D eigenvalue weighted by Gasteiger charge is -2.15. The Morgan fingerprint density at radius 3 is 2.81 bits per heavy atom. The number of ether oxygens (including phenoxy) is 1. The van der Waals surface area contributed by atoms with Crippen molar-refractivity contribution < 1.29 is 14.3 Å². The van der Waals surface area contributed by atoms with E-state index < -0.39 is 5.91 Å². The number of benzene rings is 2. The van der Waals surface area contributed by atoms with Crippen LogP contribution in [0.5, 0.6) is 5.75 Å². The van der Waals surface area contributed by atoms with Crippen LogP contribution in [-0.2, 0) is 9.59 Å². The molecule has 0 unspecified atom stereocenters. The summed E-state index contributed by atoms with van der Waals surface area (Å²) in [6.07, 6.45) is 3.69. The zero-order valence-electron chi connectivity index (χ0n) is 14.4. The number of carbonyl (C=O) groups excluding carboxylic acids is 2. The molecule has 2 N–H and O–H groups in total. The molecule has 1 heterocycles. The van der Waals surface area contributed by atoms with Gasteiger partial charge in [-0.3, -0.25) is 14.5 Å². The molecule has 2 amide bonds. The minimum Gasteiger partial charge on any atom is -0.483 e. The average Bonchev–Trinajstić information content (AvgIpc) is 2.94. The van der Waals surface area contributed by atoms with E-state index in [1.807, 2.05) is 36.6 Å². The number of amides is 2. The first kappa shape index (κ1) is 19.5. The number of primary amides is 1. The first-order chi connectivity index (χ1) is 13.0. The molecule has 1 aliphatic heterocycles. The number of nitrogens with two attached hydrogens (primary N) is 1. The maximum absolute atomic E-state index is 12.9. The number of anilines is 1. The fraction of sp³-hybridized carbons (Fsp3) is 0.105. The summed E-state index contributed by atoms with van der Waals surface area (Å²) in [5, 5.41) is 0. The van der Waals surface area contributed by atoms with Crippen LogP contribution in [0.25, 0.3) is 6.08 Å². The number of nitrogens with zero attached hydrogens (tertiary/aromatic N) is 1. The lowest BCUT2D eigenvalue weighted by Crippen LogP contribution is -2.27. The molecule has 27 heavy (non-hydrogen) atoms. The number of hydrogen-bond acceptors (Lipinski definition) is 6. The van der Waals surface area contributed by atoms with Crippen LogP contribution in [0, 0.1) is 0 Å². The molecular weight excluding hydrogens is 400 g/mol. The number of thioether (sulfide) groups is 2. The van der Waals surface area contributed by atoms with Crippen molar-refractivity contribution in [3.8, 4) is 5.75 Å². The second-order valence-electron chi connectivity index (χ2n) is 5.51. The maximum Gasteiger partial charge on any atom is 0.270 e. The van der Waals surface area contributed by atoms with E-state index in [1.165, 1.54) is 16.7 Å². The molecule has 0 saturated carbocycles. The highest BCUT2D eigenvalue weighted by Gasteiger charge is 2.33. The minimum absolute atomic E-state index is 0.187. The minimum atomic E-state index is -0.565. The molecular formula is C19H16N2O3S3. The Hall–Kier alpha value is -2.29. The van der Waals surface area contributed by atoms with Gasteiger partial charge in [-0.1, -0.05) is 48.2 Å². The third kappa shape index (κ3) is 4.52. The van der Waals surface area contributed by atoms with E-state index >= 15 is 0 Å². The Labute approximate surface area is 170 Å². The van der Waals surface area contributed by atoms with E-state index in [9.17, 15) is 9.59 Å². The van der Waals surface area contributed by atoms with Crippen LogP contribution in [0.3, 0.4) is 0 Å². The standard InChI is InChI=1S/C19H16N2O3S3/c1-26-14-7-4-6-13(10-14)21-18(23)16(27-19(21)25)9-12-5-2-3-8-15(12)24-11-17(20)22/h2-10H,11H2,1H3,(H2,20,22)/b16-9+. The second kappa shape index (κ2) is 8.60. The van der Waals surface area contributed by atoms with Crippen molar-refractivity contribution >= 4 is 63.6 Å². The SMILES string of the molecule is CSc1cccc(N2C(=O)/C(=C\c3ccccc3OCC(N)=O)SC2=S)c1. The number of rotatable bonds is 6. The van der Waals surface area contributed by atoms with Crippen LogP contribution in [0.4, 0.5) is 5.69 Å². The summed E-state index contributed by atoms with van der Waals surface area (Å²) in [6, 6.07) is 14.8. The Bertz CT molecular complexity index is 943. The van der Waals surface area contributed by atoms with Crippen LogP contribution in [0.2, 0.25) is 0 Å². The zero-order chi connectivity index (χ0) is 19.4. The van der Waals surface area contributed by atoms with Gasteiger partial charge in [-0.15, -0.1) is 11.8 Å². The molecule has 3 rings (SSSR count). The summed E-state index contributed by atoms with van der Waals surface area (Å²) in [6.45, 7) is -0.229. The third-order valence-electron chi connectivity index (χ3n) is 3.68. The second-order valence-corrected chi connectivity index (χ2v) is 8.07. The molecule has 2 aromatic carbocycles. The van der Waals surface area contributed by atoms with Gasteiger partial charge in [-0.05, 0) is 36.6 Å². The van der Waals surface area contributed by atoms with Crippen molar-refractivity contribution in [1.82, 2.24) is 0 Å². The van der Waals surface area contributed by atoms with E-state index in [4.69, 9.17) is 22.7 Å². The van der Waals surface area contributed by atoms with Crippen molar-refractivity contribution in [2.75, 3.05) is 17.8 Å². The van der Waals surface area contributed by atoms with Gasteiger partial charge in [0.25, 0.3) is 11.8 Å². The summed E-state index contributed by atoms with van der Waals surface area (Å²) >= 11 is 8.25. The topological polar surface area (TPSA) is 72.6 Å². The lowest BCUT2D eigenvalue weighted by molar-refractivity contribution is -0.120. The van der Waals surface area contributed by atoms with E-state index in [0.717, 1.165) is 10.6 Å². The maximum atomic E-state index is 12.9. The largest absolute Gasteiger partial charge is 0.483 e. The molecule has 2 aromatic rings. The van der Waals surface area contributed by atoms with Crippen molar-refractivity contribution in [2.24, 2.45) is 5.73 Å². The van der Waals surface area contributed by atoms with Crippen LogP contribution in [0.15, 0.2) is 58.3 Å². The average molecular weight is 417 g/mol. The summed E-state index contributed by atoms with van der Waals surface area (Å²) in [5.41, 5.74) is 6.56. The third-order valence-corrected chi connectivity index (χ3v) is 5.71. The monoisotopic (exact) mass is 416 g/mol. The summed E-state index contributed by atoms with van der Waals surface area (Å²) in [4.78, 5) is 27.0. The molecule has 5 nitrogen and oxygen atoms in total. The van der Waals surface area contributed by atoms with E-state index in [2.05, 4.69) is 0 Å². The van der Waals surface area contributed by atoms with Gasteiger partial charge in [0.2, 0.25) is 0 Å². The van der Waals surface area contributed by atoms with Gasteiger partial charge in [-0.25, -0.2) is 0 Å². The Kier molecular flexibility index (Phi) is 6.20. The molecule has 0 radical (unpaired) electrons. The molecule has 0 bridgehead atoms. The van der Waals surface area contributed by atoms with Gasteiger partial charge in [0.05, 0.1) is 10.6 Å². The fourth-order valence-electron chi connectivity index (χ4n) is 2.46. The quantitative estimate of drug-likeness (QED) is 0.440. The molecule has 138 valence electrons. The molecule has 0 aliphatic carbocycles. The van der Waals surface area contributed by atoms with Crippen molar-refractivity contribution in [1.29, 1.82) is 0 Å². The highest BCUT2D eigenvalue weighted by molar-refractivity contribution is 8.27. The number of carbonyl (C=O) groups is 2. The lowest BCUT2D eigenvalue weighted by atomic mass is 10.2. The Balaban J connectivity index is 1.90. The van der Waals surface area contributed by atoms with Gasteiger partial charge >= 0.3 is 0 Å². The van der Waals surface area contributed by atoms with Gasteiger partial charge in [0.15, 0.2) is 10.9 Å². The number of para-hydroxylation sites is 1. The summed E-state index contributed by atoms with van der Waals surface area (Å²) < 4.78 is 5.90. The Morgan fingerprint density at radius 1 is 1.30 bits per heavy atom. The predicted molar refractivity (Wildman–Crippen MR) is 115 cm³/mol. The van der Waals surface area contributed by atoms with Gasteiger partial charge in [-0.2, -0.15) is 0 Å². The highest BCUT2D eigenvalue weighted by atomic mass is 32.2. The highest BCUT2D eigenvalue weighted by Crippen LogP contribution is 2.37. The van der Waals surface area contributed by atoms with Crippen LogP contribution in [0.1, 0.15) is 5.56 Å². The van der Waals surface area contributed by atoms with E-state index in [1.54, 1.807) is 36.0 Å². The molecule has 0 aromatic heterocycles. The van der Waals surface area contributed by atoms with Gasteiger partial charge in [0, 0.05) is 10.5 Å². The molecule has 1 aliphatic rings. The molecule has 0 atom stereocenters. The van der Waals surface area contributed by atoms with Crippen LogP contribution < -0.4 is 15.4 Å².